The third-order valence-corrected chi connectivity index (χ3v) is 3.29. The van der Waals surface area contributed by atoms with E-state index in [0.29, 0.717) is 0 Å². The highest BCUT2D eigenvalue weighted by atomic mass is 35.5. The number of alkyl halides is 1. The molecule has 0 aromatic carbocycles. The van der Waals surface area contributed by atoms with Crippen LogP contribution in [0.25, 0.3) is 0 Å². The molecule has 2 nitrogen and oxygen atoms in total. The van der Waals surface area contributed by atoms with Gasteiger partial charge in [0.1, 0.15) is 0 Å². The molecule has 1 saturated carbocycles. The summed E-state index contributed by atoms with van der Waals surface area (Å²) in [6.45, 7) is 0. The Morgan fingerprint density at radius 2 is 1.88 bits per heavy atom. The molecule has 8 heavy (non-hydrogen) atoms. The van der Waals surface area contributed by atoms with Gasteiger partial charge >= 0.3 is 10.2 Å². The number of rotatable bonds is 1. The first kappa shape index (κ1) is 6.29. The van der Waals surface area contributed by atoms with Crippen molar-refractivity contribution in [3.05, 3.63) is 0 Å². The molecule has 0 unspecified atom stereocenters. The Morgan fingerprint density at radius 3 is 1.88 bits per heavy atom. The molecule has 0 spiro atoms. The second-order valence-electron chi connectivity index (χ2n) is 1.82. The first-order chi connectivity index (χ1) is 3.46. The smallest absolute Gasteiger partial charge is 0.193 e. The molecule has 0 aromatic rings. The molecule has 0 N–H and O–H groups in total. The lowest BCUT2D eigenvalue weighted by molar-refractivity contribution is 0.546. The SMILES string of the molecule is O=S(=O)(F)C1(Cl)CC1. The van der Waals surface area contributed by atoms with E-state index in [1.807, 2.05) is 0 Å². The zero-order chi connectivity index (χ0) is 6.41. The van der Waals surface area contributed by atoms with E-state index in [-0.39, 0.29) is 12.8 Å². The van der Waals surface area contributed by atoms with Crippen LogP contribution in [-0.4, -0.2) is 12.6 Å². The van der Waals surface area contributed by atoms with Crippen molar-refractivity contribution in [3.63, 3.8) is 0 Å². The van der Waals surface area contributed by atoms with Crippen molar-refractivity contribution in [1.29, 1.82) is 0 Å². The number of hydrogen-bond acceptors (Lipinski definition) is 2. The van der Waals surface area contributed by atoms with Crippen molar-refractivity contribution in [1.82, 2.24) is 0 Å². The van der Waals surface area contributed by atoms with Crippen LogP contribution in [0.15, 0.2) is 0 Å². The van der Waals surface area contributed by atoms with Crippen LogP contribution in [-0.2, 0) is 10.2 Å². The zero-order valence-electron chi connectivity index (χ0n) is 3.89. The molecule has 0 aliphatic heterocycles. The van der Waals surface area contributed by atoms with Gasteiger partial charge in [0.2, 0.25) is 0 Å². The summed E-state index contributed by atoms with van der Waals surface area (Å²) in [6, 6.07) is 0. The van der Waals surface area contributed by atoms with Gasteiger partial charge in [-0.05, 0) is 12.8 Å². The van der Waals surface area contributed by atoms with Crippen LogP contribution in [0.4, 0.5) is 3.89 Å². The molecule has 1 rings (SSSR count). The van der Waals surface area contributed by atoms with E-state index in [2.05, 4.69) is 0 Å². The molecule has 1 fully saturated rings. The summed E-state index contributed by atoms with van der Waals surface area (Å²) in [5, 5.41) is 0. The summed E-state index contributed by atoms with van der Waals surface area (Å²) in [7, 11) is -4.46. The van der Waals surface area contributed by atoms with Gasteiger partial charge < -0.3 is 0 Å². The Bertz CT molecular complexity index is 193. The summed E-state index contributed by atoms with van der Waals surface area (Å²) < 4.78 is 30.1. The Kier molecular flexibility index (Phi) is 1.07. The maximum Gasteiger partial charge on any atom is 0.322 e. The third-order valence-electron chi connectivity index (χ3n) is 1.08. The van der Waals surface area contributed by atoms with E-state index in [1.54, 1.807) is 0 Å². The van der Waals surface area contributed by atoms with Crippen LogP contribution >= 0.6 is 11.6 Å². The summed E-state index contributed by atoms with van der Waals surface area (Å²) in [4.78, 5) is 0. The van der Waals surface area contributed by atoms with Gasteiger partial charge in [0.15, 0.2) is 4.21 Å². The van der Waals surface area contributed by atoms with Gasteiger partial charge in [-0.15, -0.1) is 3.89 Å². The first-order valence-electron chi connectivity index (χ1n) is 2.09. The summed E-state index contributed by atoms with van der Waals surface area (Å²) in [5.74, 6) is 0. The lowest BCUT2D eigenvalue weighted by Crippen LogP contribution is -2.08. The zero-order valence-corrected chi connectivity index (χ0v) is 5.47. The second kappa shape index (κ2) is 1.36. The highest BCUT2D eigenvalue weighted by molar-refractivity contribution is 7.89. The Hall–Kier alpha value is 0.170. The highest BCUT2D eigenvalue weighted by Gasteiger charge is 2.53. The predicted octanol–water partition coefficient (Wildman–Crippen LogP) is 1.01. The van der Waals surface area contributed by atoms with Gasteiger partial charge in [-0.25, -0.2) is 0 Å². The lowest BCUT2D eigenvalue weighted by atomic mass is 11.0. The fourth-order valence-corrected chi connectivity index (χ4v) is 1.03. The summed E-state index contributed by atoms with van der Waals surface area (Å²) in [6.07, 6.45) is 0.487. The molecule has 0 bridgehead atoms. The minimum atomic E-state index is -4.46. The van der Waals surface area contributed by atoms with Crippen molar-refractivity contribution in [2.45, 2.75) is 17.0 Å². The fourth-order valence-electron chi connectivity index (χ4n) is 0.342. The van der Waals surface area contributed by atoms with Crippen LogP contribution < -0.4 is 0 Å². The third kappa shape index (κ3) is 0.821. The Morgan fingerprint density at radius 1 is 1.50 bits per heavy atom. The van der Waals surface area contributed by atoms with Gasteiger partial charge in [0.25, 0.3) is 0 Å². The van der Waals surface area contributed by atoms with Crippen LogP contribution in [0, 0.1) is 0 Å². The average Bonchev–Trinajstić information content (AvgIpc) is 2.16. The van der Waals surface area contributed by atoms with Gasteiger partial charge in [-0.2, -0.15) is 8.42 Å². The normalized spacial score (nSPS) is 25.2. The molecule has 0 saturated heterocycles. The number of halogens is 2. The van der Waals surface area contributed by atoms with Crippen molar-refractivity contribution in [3.8, 4) is 0 Å². The molecule has 5 heteroatoms. The van der Waals surface area contributed by atoms with E-state index in [0.717, 1.165) is 0 Å². The maximum absolute atomic E-state index is 11.8. The molecule has 0 amide bonds. The Balaban J connectivity index is 2.90. The van der Waals surface area contributed by atoms with Crippen LogP contribution in [0.1, 0.15) is 12.8 Å². The minimum absolute atomic E-state index is 0.243. The molecule has 0 radical (unpaired) electrons. The van der Waals surface area contributed by atoms with E-state index < -0.39 is 14.4 Å². The number of hydrogen-bond donors (Lipinski definition) is 0. The van der Waals surface area contributed by atoms with E-state index in [4.69, 9.17) is 11.6 Å². The van der Waals surface area contributed by atoms with Gasteiger partial charge in [-0.3, -0.25) is 0 Å². The minimum Gasteiger partial charge on any atom is -0.193 e. The molecular weight excluding hydrogens is 155 g/mol. The fraction of sp³-hybridized carbons (Fsp3) is 1.00. The monoisotopic (exact) mass is 158 g/mol. The average molecular weight is 159 g/mol. The largest absolute Gasteiger partial charge is 0.322 e. The van der Waals surface area contributed by atoms with E-state index in [1.165, 1.54) is 0 Å². The molecule has 0 heterocycles. The van der Waals surface area contributed by atoms with Crippen molar-refractivity contribution in [2.75, 3.05) is 0 Å². The van der Waals surface area contributed by atoms with Crippen molar-refractivity contribution < 1.29 is 12.3 Å². The lowest BCUT2D eigenvalue weighted by Gasteiger charge is -1.93. The van der Waals surface area contributed by atoms with Crippen molar-refractivity contribution >= 4 is 21.8 Å². The molecule has 0 atom stereocenters. The van der Waals surface area contributed by atoms with E-state index >= 15 is 0 Å². The molecular formula is C3H4ClFO2S. The predicted molar refractivity (Wildman–Crippen MR) is 27.8 cm³/mol. The Labute approximate surface area is 51.9 Å². The van der Waals surface area contributed by atoms with Crippen molar-refractivity contribution in [2.24, 2.45) is 0 Å². The quantitative estimate of drug-likeness (QED) is 0.422. The molecule has 1 aliphatic carbocycles. The van der Waals surface area contributed by atoms with Crippen LogP contribution in [0.5, 0.6) is 0 Å². The van der Waals surface area contributed by atoms with Gasteiger partial charge in [0.05, 0.1) is 0 Å². The highest BCUT2D eigenvalue weighted by Crippen LogP contribution is 2.48. The topological polar surface area (TPSA) is 34.1 Å². The molecule has 48 valence electrons. The van der Waals surface area contributed by atoms with Crippen LogP contribution in [0.2, 0.25) is 0 Å². The first-order valence-corrected chi connectivity index (χ1v) is 3.85. The van der Waals surface area contributed by atoms with Crippen LogP contribution in [0.3, 0.4) is 0 Å². The maximum atomic E-state index is 11.8. The van der Waals surface area contributed by atoms with Gasteiger partial charge in [0, 0.05) is 0 Å². The molecule has 1 aliphatic rings. The summed E-state index contributed by atoms with van der Waals surface area (Å²) >= 11 is 5.16. The standard InChI is InChI=1S/C3H4ClFO2S/c4-3(1-2-3)8(5,6)7/h1-2H2. The summed E-state index contributed by atoms with van der Waals surface area (Å²) in [5.41, 5.74) is 0. The molecule has 0 aromatic heterocycles. The van der Waals surface area contributed by atoms with Gasteiger partial charge in [-0.1, -0.05) is 11.6 Å². The van der Waals surface area contributed by atoms with E-state index in [9.17, 15) is 12.3 Å². The second-order valence-corrected chi connectivity index (χ2v) is 4.43.